The maximum absolute atomic E-state index is 13.7. The zero-order valence-electron chi connectivity index (χ0n) is 9.94. The van der Waals surface area contributed by atoms with Gasteiger partial charge in [-0.2, -0.15) is 0 Å². The number of amides is 1. The molecular formula is C14H12F2N2O. The third-order valence-electron chi connectivity index (χ3n) is 2.66. The van der Waals surface area contributed by atoms with Crippen molar-refractivity contribution in [3.63, 3.8) is 0 Å². The molecule has 3 nitrogen and oxygen atoms in total. The Hall–Kier alpha value is -2.43. The van der Waals surface area contributed by atoms with Crippen LogP contribution in [-0.2, 0) is 4.79 Å². The lowest BCUT2D eigenvalue weighted by Gasteiger charge is -2.17. The lowest BCUT2D eigenvalue weighted by Crippen LogP contribution is -2.28. The lowest BCUT2D eigenvalue weighted by molar-refractivity contribution is -0.118. The standard InChI is InChI=1S/C14H12F2N2O/c15-9-5-7-10(8-6-9)18-13(14(17)19)11-3-1-2-4-12(11)16/h1-8,13,18H,(H2,17,19). The Morgan fingerprint density at radius 3 is 2.26 bits per heavy atom. The smallest absolute Gasteiger partial charge is 0.244 e. The van der Waals surface area contributed by atoms with Crippen molar-refractivity contribution in [3.05, 3.63) is 65.7 Å². The third kappa shape index (κ3) is 3.07. The molecule has 0 aliphatic carbocycles. The Labute approximate surface area is 109 Å². The van der Waals surface area contributed by atoms with Gasteiger partial charge in [0.15, 0.2) is 0 Å². The molecule has 0 aliphatic rings. The summed E-state index contributed by atoms with van der Waals surface area (Å²) in [5.41, 5.74) is 5.91. The molecule has 2 aromatic rings. The monoisotopic (exact) mass is 262 g/mol. The molecule has 0 fully saturated rings. The van der Waals surface area contributed by atoms with E-state index in [0.717, 1.165) is 0 Å². The zero-order valence-corrected chi connectivity index (χ0v) is 9.94. The summed E-state index contributed by atoms with van der Waals surface area (Å²) in [4.78, 5) is 11.4. The van der Waals surface area contributed by atoms with Gasteiger partial charge in [0, 0.05) is 11.3 Å². The van der Waals surface area contributed by atoms with Crippen LogP contribution in [0.15, 0.2) is 48.5 Å². The van der Waals surface area contributed by atoms with E-state index in [1.807, 2.05) is 0 Å². The summed E-state index contributed by atoms with van der Waals surface area (Å²) < 4.78 is 26.4. The second kappa shape index (κ2) is 5.48. The molecule has 2 rings (SSSR count). The molecule has 0 aromatic heterocycles. The highest BCUT2D eigenvalue weighted by Crippen LogP contribution is 2.22. The number of anilines is 1. The normalized spacial score (nSPS) is 11.9. The number of carbonyl (C=O) groups excluding carboxylic acids is 1. The average Bonchev–Trinajstić information content (AvgIpc) is 2.39. The highest BCUT2D eigenvalue weighted by Gasteiger charge is 2.20. The van der Waals surface area contributed by atoms with E-state index in [1.165, 1.54) is 42.5 Å². The summed E-state index contributed by atoms with van der Waals surface area (Å²) in [5.74, 6) is -1.64. The fourth-order valence-electron chi connectivity index (χ4n) is 1.72. The van der Waals surface area contributed by atoms with Gasteiger partial charge < -0.3 is 11.1 Å². The minimum Gasteiger partial charge on any atom is -0.370 e. The van der Waals surface area contributed by atoms with Crippen LogP contribution in [0.2, 0.25) is 0 Å². The summed E-state index contributed by atoms with van der Waals surface area (Å²) >= 11 is 0. The molecule has 0 heterocycles. The summed E-state index contributed by atoms with van der Waals surface area (Å²) in [5, 5.41) is 2.78. The number of hydrogen-bond donors (Lipinski definition) is 2. The Morgan fingerprint density at radius 1 is 1.05 bits per heavy atom. The van der Waals surface area contributed by atoms with Crippen molar-refractivity contribution < 1.29 is 13.6 Å². The fourth-order valence-corrected chi connectivity index (χ4v) is 1.72. The van der Waals surface area contributed by atoms with Crippen LogP contribution in [0.1, 0.15) is 11.6 Å². The molecule has 0 bridgehead atoms. The van der Waals surface area contributed by atoms with Gasteiger partial charge >= 0.3 is 0 Å². The zero-order chi connectivity index (χ0) is 13.8. The molecule has 0 saturated heterocycles. The summed E-state index contributed by atoms with van der Waals surface area (Å²) in [6.45, 7) is 0. The van der Waals surface area contributed by atoms with Crippen molar-refractivity contribution in [2.45, 2.75) is 6.04 Å². The van der Waals surface area contributed by atoms with Gasteiger partial charge in [0.1, 0.15) is 17.7 Å². The van der Waals surface area contributed by atoms with E-state index in [1.54, 1.807) is 6.07 Å². The van der Waals surface area contributed by atoms with Gasteiger partial charge in [-0.25, -0.2) is 8.78 Å². The molecule has 98 valence electrons. The number of halogens is 2. The number of carbonyl (C=O) groups is 1. The molecule has 0 spiro atoms. The van der Waals surface area contributed by atoms with Crippen molar-refractivity contribution in [2.24, 2.45) is 5.73 Å². The van der Waals surface area contributed by atoms with Gasteiger partial charge in [0.05, 0.1) is 0 Å². The Morgan fingerprint density at radius 2 is 1.68 bits per heavy atom. The highest BCUT2D eigenvalue weighted by molar-refractivity contribution is 5.84. The van der Waals surface area contributed by atoms with Crippen LogP contribution in [-0.4, -0.2) is 5.91 Å². The Kier molecular flexibility index (Phi) is 3.75. The average molecular weight is 262 g/mol. The predicted octanol–water partition coefficient (Wildman–Crippen LogP) is 2.60. The molecule has 1 unspecified atom stereocenters. The number of primary amides is 1. The van der Waals surface area contributed by atoms with E-state index in [-0.39, 0.29) is 5.56 Å². The first-order valence-electron chi connectivity index (χ1n) is 5.64. The Balaban J connectivity index is 2.29. The van der Waals surface area contributed by atoms with Gasteiger partial charge in [0.25, 0.3) is 0 Å². The molecule has 0 radical (unpaired) electrons. The van der Waals surface area contributed by atoms with E-state index >= 15 is 0 Å². The first kappa shape index (κ1) is 13.0. The van der Waals surface area contributed by atoms with Crippen molar-refractivity contribution in [3.8, 4) is 0 Å². The van der Waals surface area contributed by atoms with Crippen LogP contribution in [0.4, 0.5) is 14.5 Å². The predicted molar refractivity (Wildman–Crippen MR) is 68.4 cm³/mol. The minimum absolute atomic E-state index is 0.152. The number of hydrogen-bond acceptors (Lipinski definition) is 2. The molecule has 0 aliphatic heterocycles. The first-order chi connectivity index (χ1) is 9.08. The molecular weight excluding hydrogens is 250 g/mol. The van der Waals surface area contributed by atoms with E-state index < -0.39 is 23.6 Å². The SMILES string of the molecule is NC(=O)C(Nc1ccc(F)cc1)c1ccccc1F. The van der Waals surface area contributed by atoms with Crippen LogP contribution in [0.3, 0.4) is 0 Å². The Bertz CT molecular complexity index is 584. The van der Waals surface area contributed by atoms with Gasteiger partial charge in [-0.05, 0) is 30.3 Å². The van der Waals surface area contributed by atoms with Gasteiger partial charge in [0.2, 0.25) is 5.91 Å². The molecule has 1 atom stereocenters. The second-order valence-electron chi connectivity index (χ2n) is 4.01. The number of nitrogens with two attached hydrogens (primary N) is 1. The molecule has 19 heavy (non-hydrogen) atoms. The van der Waals surface area contributed by atoms with Gasteiger partial charge in [-0.3, -0.25) is 4.79 Å². The topological polar surface area (TPSA) is 55.1 Å². The summed E-state index contributed by atoms with van der Waals surface area (Å²) in [6, 6.07) is 10.2. The van der Waals surface area contributed by atoms with E-state index in [2.05, 4.69) is 5.32 Å². The first-order valence-corrected chi connectivity index (χ1v) is 5.64. The molecule has 2 aromatic carbocycles. The molecule has 5 heteroatoms. The second-order valence-corrected chi connectivity index (χ2v) is 4.01. The highest BCUT2D eigenvalue weighted by atomic mass is 19.1. The number of rotatable bonds is 4. The van der Waals surface area contributed by atoms with Crippen LogP contribution in [0.25, 0.3) is 0 Å². The third-order valence-corrected chi connectivity index (χ3v) is 2.66. The van der Waals surface area contributed by atoms with Gasteiger partial charge in [-0.1, -0.05) is 18.2 Å². The molecule has 3 N–H and O–H groups in total. The molecule has 0 saturated carbocycles. The quantitative estimate of drug-likeness (QED) is 0.889. The lowest BCUT2D eigenvalue weighted by atomic mass is 10.1. The van der Waals surface area contributed by atoms with E-state index in [0.29, 0.717) is 5.69 Å². The van der Waals surface area contributed by atoms with Crippen molar-refractivity contribution in [1.82, 2.24) is 0 Å². The summed E-state index contributed by atoms with van der Waals surface area (Å²) in [6.07, 6.45) is 0. The minimum atomic E-state index is -1.01. The maximum Gasteiger partial charge on any atom is 0.244 e. The maximum atomic E-state index is 13.7. The van der Waals surface area contributed by atoms with Crippen molar-refractivity contribution >= 4 is 11.6 Å². The number of nitrogens with one attached hydrogen (secondary N) is 1. The largest absolute Gasteiger partial charge is 0.370 e. The van der Waals surface area contributed by atoms with E-state index in [9.17, 15) is 13.6 Å². The van der Waals surface area contributed by atoms with E-state index in [4.69, 9.17) is 5.73 Å². The van der Waals surface area contributed by atoms with Crippen LogP contribution in [0.5, 0.6) is 0 Å². The summed E-state index contributed by atoms with van der Waals surface area (Å²) in [7, 11) is 0. The fraction of sp³-hybridized carbons (Fsp3) is 0.0714. The van der Waals surface area contributed by atoms with Crippen LogP contribution in [0, 0.1) is 11.6 Å². The van der Waals surface area contributed by atoms with Crippen molar-refractivity contribution in [1.29, 1.82) is 0 Å². The van der Waals surface area contributed by atoms with Crippen LogP contribution < -0.4 is 11.1 Å². The van der Waals surface area contributed by atoms with Crippen LogP contribution >= 0.6 is 0 Å². The van der Waals surface area contributed by atoms with Gasteiger partial charge in [-0.15, -0.1) is 0 Å². The number of benzene rings is 2. The van der Waals surface area contributed by atoms with Crippen molar-refractivity contribution in [2.75, 3.05) is 5.32 Å². The molecule has 1 amide bonds.